The van der Waals surface area contributed by atoms with Crippen LogP contribution in [-0.4, -0.2) is 5.11 Å². The second kappa shape index (κ2) is 19.5. The molecule has 0 heterocycles. The Morgan fingerprint density at radius 1 is 0.510 bits per heavy atom. The number of aryl methyl sites for hydroxylation is 1. The van der Waals surface area contributed by atoms with Gasteiger partial charge in [-0.2, -0.15) is 0 Å². The molecular weight excluding hydrogens is 617 g/mol. The van der Waals surface area contributed by atoms with Gasteiger partial charge < -0.3 is 5.11 Å². The van der Waals surface area contributed by atoms with Gasteiger partial charge >= 0.3 is 0 Å². The van der Waals surface area contributed by atoms with Crippen molar-refractivity contribution in [2.24, 2.45) is 0 Å². The number of rotatable bonds is 10. The van der Waals surface area contributed by atoms with Gasteiger partial charge in [0.25, 0.3) is 0 Å². The summed E-state index contributed by atoms with van der Waals surface area (Å²) in [6.07, 6.45) is 3.26. The summed E-state index contributed by atoms with van der Waals surface area (Å²) in [5.41, 5.74) is 9.53. The van der Waals surface area contributed by atoms with Crippen molar-refractivity contribution in [1.29, 1.82) is 0 Å². The predicted molar refractivity (Wildman–Crippen MR) is 220 cm³/mol. The molecule has 1 heteroatoms. The zero-order valence-electron chi connectivity index (χ0n) is 31.9. The first kappa shape index (κ1) is 38.9. The van der Waals surface area contributed by atoms with E-state index in [1.165, 1.54) is 39.8 Å². The number of phenols is 1. The van der Waals surface area contributed by atoms with Crippen molar-refractivity contribution < 1.29 is 5.11 Å². The second-order valence-corrected chi connectivity index (χ2v) is 13.9. The van der Waals surface area contributed by atoms with E-state index in [1.54, 1.807) is 0 Å². The molecular formula is C50H58O. The molecule has 0 spiro atoms. The fourth-order valence-corrected chi connectivity index (χ4v) is 6.62. The molecule has 1 nitrogen and oxygen atoms in total. The summed E-state index contributed by atoms with van der Waals surface area (Å²) in [6, 6.07) is 57.2. The Labute approximate surface area is 309 Å². The highest BCUT2D eigenvalue weighted by Crippen LogP contribution is 2.46. The van der Waals surface area contributed by atoms with Crippen LogP contribution in [0.2, 0.25) is 0 Å². The van der Waals surface area contributed by atoms with Crippen LogP contribution < -0.4 is 0 Å². The van der Waals surface area contributed by atoms with Crippen LogP contribution in [0, 0.1) is 0 Å². The summed E-state index contributed by atoms with van der Waals surface area (Å²) in [5.74, 6) is 1.44. The molecule has 4 unspecified atom stereocenters. The van der Waals surface area contributed by atoms with Crippen molar-refractivity contribution in [3.05, 3.63) is 208 Å². The molecule has 51 heavy (non-hydrogen) atoms. The molecule has 0 bridgehead atoms. The fourth-order valence-electron chi connectivity index (χ4n) is 6.62. The molecule has 0 saturated heterocycles. The van der Waals surface area contributed by atoms with Crippen molar-refractivity contribution in [1.82, 2.24) is 0 Å². The number of benzene rings is 6. The maximum atomic E-state index is 11.7. The standard InChI is InChI=1S/C32H34O.C10H14.C8H10/c1-5-32(4,28-19-13-8-14-20-28)30-22-27(23(2)25-15-9-6-10-16-25)21-29(31(30)33)24(3)26-17-11-7-12-18-26;1-3-9(2)10-7-5-4-6-8-10;1-2-8-6-4-3-5-7-8/h6-24,33H,5H2,1-4H3;4-9H,3H2,1-2H3;3-7H,2H2,1H3. The minimum Gasteiger partial charge on any atom is -0.507 e. The van der Waals surface area contributed by atoms with Gasteiger partial charge in [-0.15, -0.1) is 0 Å². The van der Waals surface area contributed by atoms with Crippen LogP contribution in [0.5, 0.6) is 5.75 Å². The van der Waals surface area contributed by atoms with E-state index in [0.29, 0.717) is 11.7 Å². The molecule has 264 valence electrons. The van der Waals surface area contributed by atoms with E-state index < -0.39 is 0 Å². The van der Waals surface area contributed by atoms with Gasteiger partial charge in [0, 0.05) is 28.4 Å². The molecule has 0 aliphatic heterocycles. The molecule has 6 aromatic carbocycles. The summed E-state index contributed by atoms with van der Waals surface area (Å²) >= 11 is 0. The van der Waals surface area contributed by atoms with Crippen LogP contribution in [0.4, 0.5) is 0 Å². The highest BCUT2D eigenvalue weighted by molar-refractivity contribution is 5.56. The summed E-state index contributed by atoms with van der Waals surface area (Å²) in [5, 5.41) is 11.7. The number of hydrogen-bond acceptors (Lipinski definition) is 1. The first-order chi connectivity index (χ1) is 24.7. The molecule has 0 fully saturated rings. The van der Waals surface area contributed by atoms with Crippen LogP contribution in [0.25, 0.3) is 0 Å². The number of aromatic hydroxyl groups is 1. The van der Waals surface area contributed by atoms with E-state index in [2.05, 4.69) is 200 Å². The summed E-state index contributed by atoms with van der Waals surface area (Å²) in [7, 11) is 0. The van der Waals surface area contributed by atoms with Crippen molar-refractivity contribution in [2.45, 2.75) is 90.9 Å². The van der Waals surface area contributed by atoms with Crippen LogP contribution >= 0.6 is 0 Å². The van der Waals surface area contributed by atoms with Gasteiger partial charge in [0.2, 0.25) is 0 Å². The van der Waals surface area contributed by atoms with Crippen LogP contribution in [0.15, 0.2) is 164 Å². The molecule has 0 aliphatic carbocycles. The Hall–Kier alpha value is -4.88. The third-order valence-corrected chi connectivity index (χ3v) is 10.7. The minimum atomic E-state index is -0.289. The highest BCUT2D eigenvalue weighted by atomic mass is 16.3. The maximum absolute atomic E-state index is 11.7. The summed E-state index contributed by atoms with van der Waals surface area (Å²) in [4.78, 5) is 0. The molecule has 1 N–H and O–H groups in total. The van der Waals surface area contributed by atoms with E-state index in [-0.39, 0.29) is 17.3 Å². The zero-order valence-corrected chi connectivity index (χ0v) is 31.9. The van der Waals surface area contributed by atoms with Gasteiger partial charge in [-0.1, -0.05) is 212 Å². The largest absolute Gasteiger partial charge is 0.507 e. The van der Waals surface area contributed by atoms with E-state index in [0.717, 1.165) is 24.0 Å². The Bertz CT molecular complexity index is 1830. The Morgan fingerprint density at radius 3 is 1.37 bits per heavy atom. The van der Waals surface area contributed by atoms with Crippen molar-refractivity contribution in [3.63, 3.8) is 0 Å². The molecule has 6 aromatic rings. The third-order valence-electron chi connectivity index (χ3n) is 10.7. The Balaban J connectivity index is 0.000000262. The van der Waals surface area contributed by atoms with E-state index >= 15 is 0 Å². The Kier molecular flexibility index (Phi) is 14.9. The smallest absolute Gasteiger partial charge is 0.123 e. The molecule has 0 aliphatic rings. The van der Waals surface area contributed by atoms with Crippen LogP contribution in [0.1, 0.15) is 124 Å². The molecule has 6 rings (SSSR count). The highest BCUT2D eigenvalue weighted by Gasteiger charge is 2.32. The molecule has 0 radical (unpaired) electrons. The lowest BCUT2D eigenvalue weighted by Gasteiger charge is -2.33. The SMILES string of the molecule is CCC(C)(c1ccccc1)c1cc(C(C)c2ccccc2)cc(C(C)c2ccccc2)c1O.CCC(C)c1ccccc1.CCc1ccccc1. The van der Waals surface area contributed by atoms with Crippen molar-refractivity contribution >= 4 is 0 Å². The van der Waals surface area contributed by atoms with Gasteiger partial charge in [-0.3, -0.25) is 0 Å². The van der Waals surface area contributed by atoms with Crippen molar-refractivity contribution in [3.8, 4) is 5.75 Å². The summed E-state index contributed by atoms with van der Waals surface area (Å²) < 4.78 is 0. The Morgan fingerprint density at radius 2 is 0.941 bits per heavy atom. The average molecular weight is 675 g/mol. The van der Waals surface area contributed by atoms with Crippen LogP contribution in [0.3, 0.4) is 0 Å². The maximum Gasteiger partial charge on any atom is 0.123 e. The van der Waals surface area contributed by atoms with Gasteiger partial charge in [-0.25, -0.2) is 0 Å². The van der Waals surface area contributed by atoms with Gasteiger partial charge in [-0.05, 0) is 58.6 Å². The molecule has 0 aromatic heterocycles. The average Bonchev–Trinajstić information content (AvgIpc) is 3.22. The second-order valence-electron chi connectivity index (χ2n) is 13.9. The van der Waals surface area contributed by atoms with Gasteiger partial charge in [0.05, 0.1) is 0 Å². The minimum absolute atomic E-state index is 0.0877. The first-order valence-corrected chi connectivity index (χ1v) is 18.8. The first-order valence-electron chi connectivity index (χ1n) is 18.8. The molecule has 4 atom stereocenters. The lowest BCUT2D eigenvalue weighted by Crippen LogP contribution is -2.24. The lowest BCUT2D eigenvalue weighted by atomic mass is 9.71. The monoisotopic (exact) mass is 674 g/mol. The molecule has 0 saturated carbocycles. The van der Waals surface area contributed by atoms with Gasteiger partial charge in [0.15, 0.2) is 0 Å². The topological polar surface area (TPSA) is 20.2 Å². The zero-order chi connectivity index (χ0) is 36.6. The van der Waals surface area contributed by atoms with E-state index in [1.807, 2.05) is 12.1 Å². The lowest BCUT2D eigenvalue weighted by molar-refractivity contribution is 0.433. The van der Waals surface area contributed by atoms with Gasteiger partial charge in [0.1, 0.15) is 5.75 Å². The van der Waals surface area contributed by atoms with E-state index in [9.17, 15) is 5.11 Å². The normalized spacial score (nSPS) is 13.6. The molecule has 0 amide bonds. The predicted octanol–water partition coefficient (Wildman–Crippen LogP) is 13.9. The summed E-state index contributed by atoms with van der Waals surface area (Å²) in [6.45, 7) is 15.6. The number of phenolic OH excluding ortho intramolecular Hbond substituents is 1. The number of hydrogen-bond donors (Lipinski definition) is 1. The van der Waals surface area contributed by atoms with Crippen LogP contribution in [-0.2, 0) is 11.8 Å². The fraction of sp³-hybridized carbons (Fsp3) is 0.280. The quantitative estimate of drug-likeness (QED) is 0.153. The van der Waals surface area contributed by atoms with Crippen molar-refractivity contribution in [2.75, 3.05) is 0 Å². The van der Waals surface area contributed by atoms with E-state index in [4.69, 9.17) is 0 Å². The third kappa shape index (κ3) is 10.3.